The van der Waals surface area contributed by atoms with Gasteiger partial charge in [-0.15, -0.1) is 0 Å². The molecule has 1 aliphatic heterocycles. The molecule has 1 saturated heterocycles. The van der Waals surface area contributed by atoms with Gasteiger partial charge in [0.25, 0.3) is 0 Å². The van der Waals surface area contributed by atoms with Crippen molar-refractivity contribution in [1.82, 2.24) is 4.90 Å². The molecule has 1 N–H and O–H groups in total. The summed E-state index contributed by atoms with van der Waals surface area (Å²) < 4.78 is 0. The lowest BCUT2D eigenvalue weighted by Gasteiger charge is -2.44. The third kappa shape index (κ3) is 2.54. The summed E-state index contributed by atoms with van der Waals surface area (Å²) >= 11 is 0. The SMILES string of the molecule is CC(C)C1(C(=O)O)CCN(C2CCCCC2(C)C)C1. The lowest BCUT2D eigenvalue weighted by atomic mass is 9.72. The number of rotatable bonds is 3. The molecule has 0 aromatic rings. The Labute approximate surface area is 117 Å². The Morgan fingerprint density at radius 3 is 2.42 bits per heavy atom. The highest BCUT2D eigenvalue weighted by Crippen LogP contribution is 2.45. The summed E-state index contributed by atoms with van der Waals surface area (Å²) in [6, 6.07) is 0.571. The highest BCUT2D eigenvalue weighted by molar-refractivity contribution is 5.75. The molecule has 110 valence electrons. The van der Waals surface area contributed by atoms with Crippen LogP contribution in [0.3, 0.4) is 0 Å². The second-order valence-corrected chi connectivity index (χ2v) is 7.59. The van der Waals surface area contributed by atoms with E-state index in [0.717, 1.165) is 19.5 Å². The monoisotopic (exact) mass is 267 g/mol. The van der Waals surface area contributed by atoms with E-state index in [9.17, 15) is 9.90 Å². The molecule has 0 aromatic carbocycles. The predicted molar refractivity (Wildman–Crippen MR) is 77.1 cm³/mol. The minimum atomic E-state index is -0.599. The molecule has 2 aliphatic rings. The van der Waals surface area contributed by atoms with Crippen LogP contribution < -0.4 is 0 Å². The maximum absolute atomic E-state index is 11.7. The molecule has 3 heteroatoms. The van der Waals surface area contributed by atoms with Crippen LogP contribution >= 0.6 is 0 Å². The second-order valence-electron chi connectivity index (χ2n) is 7.59. The third-order valence-electron chi connectivity index (χ3n) is 5.75. The molecule has 2 atom stereocenters. The predicted octanol–water partition coefficient (Wildman–Crippen LogP) is 3.39. The number of carboxylic acid groups (broad SMARTS) is 1. The topological polar surface area (TPSA) is 40.5 Å². The van der Waals surface area contributed by atoms with Crippen molar-refractivity contribution in [3.63, 3.8) is 0 Å². The molecular weight excluding hydrogens is 238 g/mol. The summed E-state index contributed by atoms with van der Waals surface area (Å²) in [4.78, 5) is 14.2. The molecule has 1 aliphatic carbocycles. The first-order valence-corrected chi connectivity index (χ1v) is 7.77. The van der Waals surface area contributed by atoms with Crippen LogP contribution in [0.5, 0.6) is 0 Å². The zero-order chi connectivity index (χ0) is 14.3. The molecule has 2 rings (SSSR count). The molecule has 0 radical (unpaired) electrons. The van der Waals surface area contributed by atoms with Crippen molar-refractivity contribution in [3.8, 4) is 0 Å². The summed E-state index contributed by atoms with van der Waals surface area (Å²) in [5, 5.41) is 9.65. The molecule has 3 nitrogen and oxygen atoms in total. The van der Waals surface area contributed by atoms with Crippen molar-refractivity contribution in [3.05, 3.63) is 0 Å². The van der Waals surface area contributed by atoms with Gasteiger partial charge in [0.2, 0.25) is 0 Å². The fraction of sp³-hybridized carbons (Fsp3) is 0.938. The standard InChI is InChI=1S/C16H29NO2/c1-12(2)16(14(18)19)9-10-17(11-16)13-7-5-6-8-15(13,3)4/h12-13H,5-11H2,1-4H3,(H,18,19). The van der Waals surface area contributed by atoms with Gasteiger partial charge in [0.05, 0.1) is 5.41 Å². The van der Waals surface area contributed by atoms with Crippen LogP contribution in [0, 0.1) is 16.7 Å². The maximum Gasteiger partial charge on any atom is 0.311 e. The highest BCUT2D eigenvalue weighted by atomic mass is 16.4. The second kappa shape index (κ2) is 5.08. The maximum atomic E-state index is 11.7. The van der Waals surface area contributed by atoms with Gasteiger partial charge < -0.3 is 5.11 Å². The fourth-order valence-electron chi connectivity index (χ4n) is 4.17. The minimum absolute atomic E-state index is 0.210. The molecule has 0 spiro atoms. The Morgan fingerprint density at radius 1 is 1.26 bits per heavy atom. The lowest BCUT2D eigenvalue weighted by molar-refractivity contribution is -0.151. The van der Waals surface area contributed by atoms with Gasteiger partial charge in [-0.1, -0.05) is 40.5 Å². The van der Waals surface area contributed by atoms with Crippen LogP contribution in [0.2, 0.25) is 0 Å². The fourth-order valence-corrected chi connectivity index (χ4v) is 4.17. The first kappa shape index (κ1) is 14.8. The Hall–Kier alpha value is -0.570. The van der Waals surface area contributed by atoms with Crippen molar-refractivity contribution < 1.29 is 9.90 Å². The van der Waals surface area contributed by atoms with Crippen LogP contribution in [-0.2, 0) is 4.79 Å². The van der Waals surface area contributed by atoms with E-state index in [2.05, 4.69) is 32.6 Å². The molecule has 1 saturated carbocycles. The molecule has 1 heterocycles. The van der Waals surface area contributed by atoms with Gasteiger partial charge in [-0.3, -0.25) is 9.69 Å². The quantitative estimate of drug-likeness (QED) is 0.852. The van der Waals surface area contributed by atoms with Crippen molar-refractivity contribution in [2.75, 3.05) is 13.1 Å². The Balaban J connectivity index is 2.15. The summed E-state index contributed by atoms with van der Waals surface area (Å²) in [5.41, 5.74) is -0.183. The van der Waals surface area contributed by atoms with Crippen LogP contribution in [0.15, 0.2) is 0 Å². The van der Waals surface area contributed by atoms with Crippen molar-refractivity contribution in [2.24, 2.45) is 16.7 Å². The zero-order valence-corrected chi connectivity index (χ0v) is 12.9. The number of aliphatic carboxylic acids is 1. The smallest absolute Gasteiger partial charge is 0.311 e. The van der Waals surface area contributed by atoms with Gasteiger partial charge in [0, 0.05) is 12.6 Å². The van der Waals surface area contributed by atoms with Gasteiger partial charge in [0.15, 0.2) is 0 Å². The first-order chi connectivity index (χ1) is 8.79. The number of hydrogen-bond donors (Lipinski definition) is 1. The van der Waals surface area contributed by atoms with Gasteiger partial charge in [-0.05, 0) is 37.1 Å². The normalized spacial score (nSPS) is 35.7. The largest absolute Gasteiger partial charge is 0.481 e. The Kier molecular flexibility index (Phi) is 3.97. The molecule has 0 aromatic heterocycles. The van der Waals surface area contributed by atoms with Gasteiger partial charge in [0.1, 0.15) is 0 Å². The molecule has 0 bridgehead atoms. The summed E-state index contributed by atoms with van der Waals surface area (Å²) in [6.45, 7) is 10.5. The first-order valence-electron chi connectivity index (χ1n) is 7.77. The summed E-state index contributed by atoms with van der Waals surface area (Å²) in [6.07, 6.45) is 5.95. The van der Waals surface area contributed by atoms with Crippen LogP contribution in [-0.4, -0.2) is 35.1 Å². The Bertz CT molecular complexity index is 351. The molecule has 0 amide bonds. The molecular formula is C16H29NO2. The number of carbonyl (C=O) groups is 1. The molecule has 2 fully saturated rings. The molecule has 2 unspecified atom stereocenters. The van der Waals surface area contributed by atoms with Crippen LogP contribution in [0.1, 0.15) is 59.8 Å². The van der Waals surface area contributed by atoms with E-state index >= 15 is 0 Å². The van der Waals surface area contributed by atoms with E-state index in [1.54, 1.807) is 0 Å². The molecule has 19 heavy (non-hydrogen) atoms. The van der Waals surface area contributed by atoms with Crippen molar-refractivity contribution in [1.29, 1.82) is 0 Å². The number of hydrogen-bond acceptors (Lipinski definition) is 2. The third-order valence-corrected chi connectivity index (χ3v) is 5.75. The van der Waals surface area contributed by atoms with Crippen LogP contribution in [0.25, 0.3) is 0 Å². The van der Waals surface area contributed by atoms with Crippen LogP contribution in [0.4, 0.5) is 0 Å². The van der Waals surface area contributed by atoms with Crippen molar-refractivity contribution in [2.45, 2.75) is 65.8 Å². The van der Waals surface area contributed by atoms with Gasteiger partial charge in [-0.25, -0.2) is 0 Å². The zero-order valence-electron chi connectivity index (χ0n) is 12.9. The minimum Gasteiger partial charge on any atom is -0.481 e. The van der Waals surface area contributed by atoms with Gasteiger partial charge in [-0.2, -0.15) is 0 Å². The van der Waals surface area contributed by atoms with Gasteiger partial charge >= 0.3 is 5.97 Å². The lowest BCUT2D eigenvalue weighted by Crippen LogP contribution is -2.48. The van der Waals surface area contributed by atoms with E-state index < -0.39 is 11.4 Å². The average molecular weight is 267 g/mol. The number of carboxylic acids is 1. The number of likely N-dealkylation sites (tertiary alicyclic amines) is 1. The van der Waals surface area contributed by atoms with E-state index in [-0.39, 0.29) is 5.92 Å². The van der Waals surface area contributed by atoms with E-state index in [4.69, 9.17) is 0 Å². The van der Waals surface area contributed by atoms with E-state index in [1.165, 1.54) is 25.7 Å². The summed E-state index contributed by atoms with van der Waals surface area (Å²) in [7, 11) is 0. The van der Waals surface area contributed by atoms with E-state index in [0.29, 0.717) is 11.5 Å². The Morgan fingerprint density at radius 2 is 1.95 bits per heavy atom. The van der Waals surface area contributed by atoms with E-state index in [1.807, 2.05) is 0 Å². The number of nitrogens with zero attached hydrogens (tertiary/aromatic N) is 1. The average Bonchev–Trinajstić information content (AvgIpc) is 2.74. The summed E-state index contributed by atoms with van der Waals surface area (Å²) in [5.74, 6) is -0.389. The highest BCUT2D eigenvalue weighted by Gasteiger charge is 2.50. The van der Waals surface area contributed by atoms with Crippen molar-refractivity contribution >= 4 is 5.97 Å².